The Labute approximate surface area is 335 Å². The number of carboxylic acid groups (broad SMARTS) is 1. The number of nitrogens with zero attached hydrogens (tertiary/aromatic N) is 2. The van der Waals surface area contributed by atoms with Gasteiger partial charge in [0.05, 0.1) is 11.6 Å². The van der Waals surface area contributed by atoms with Gasteiger partial charge < -0.3 is 35.1 Å². The molecule has 288 valence electrons. The summed E-state index contributed by atoms with van der Waals surface area (Å²) in [5.74, 6) is 0.590. The molecule has 3 aromatic carbocycles. The first-order valence-corrected chi connectivity index (χ1v) is 20.2. The van der Waals surface area contributed by atoms with E-state index in [9.17, 15) is 4.79 Å². The molecule has 1 aliphatic rings. The van der Waals surface area contributed by atoms with Crippen LogP contribution in [0.4, 0.5) is 0 Å². The summed E-state index contributed by atoms with van der Waals surface area (Å²) < 4.78 is 18.7. The highest BCUT2D eigenvalue weighted by Crippen LogP contribution is 2.45. The van der Waals surface area contributed by atoms with Crippen LogP contribution in [-0.4, -0.2) is 65.3 Å². The Kier molecular flexibility index (Phi) is 14.7. The fraction of sp³-hybridized carbons (Fsp3) is 0.310. The van der Waals surface area contributed by atoms with Crippen LogP contribution >= 0.6 is 35.0 Å². The minimum Gasteiger partial charge on any atom is -0.492 e. The Hall–Kier alpha value is -4.36. The Bertz CT molecular complexity index is 2070. The molecule has 0 fully saturated rings. The van der Waals surface area contributed by atoms with E-state index in [1.165, 1.54) is 5.56 Å². The molecule has 10 nitrogen and oxygen atoms in total. The Morgan fingerprint density at radius 1 is 0.927 bits per heavy atom. The number of pyridine rings is 2. The number of ether oxygens (including phenoxy) is 3. The summed E-state index contributed by atoms with van der Waals surface area (Å²) in [5.41, 5.74) is 7.76. The molecule has 0 aliphatic heterocycles. The van der Waals surface area contributed by atoms with Crippen LogP contribution in [0.3, 0.4) is 0 Å². The summed E-state index contributed by atoms with van der Waals surface area (Å²) in [7, 11) is 0. The van der Waals surface area contributed by atoms with Crippen LogP contribution < -0.4 is 24.8 Å². The molecule has 0 saturated carbocycles. The SMILES string of the molecule is CSc1cncc(COc2nc(O[C@H]3CCc4c(-c5cccc(-c6ccc(OCCNCCO)cc6)c5Cl)cccc43)c(Cl)cc2CNCCCC(=O)O)c1. The number of fused-ring (bicyclic) bond motifs is 1. The Morgan fingerprint density at radius 3 is 2.53 bits per heavy atom. The van der Waals surface area contributed by atoms with Gasteiger partial charge in [-0.2, -0.15) is 4.98 Å². The summed E-state index contributed by atoms with van der Waals surface area (Å²) in [6, 6.07) is 24.0. The van der Waals surface area contributed by atoms with Crippen molar-refractivity contribution in [2.24, 2.45) is 0 Å². The average molecular weight is 804 g/mol. The minimum absolute atomic E-state index is 0.0827. The maximum Gasteiger partial charge on any atom is 0.303 e. The smallest absolute Gasteiger partial charge is 0.303 e. The average Bonchev–Trinajstić information content (AvgIpc) is 3.61. The van der Waals surface area contributed by atoms with Crippen molar-refractivity contribution in [1.82, 2.24) is 20.6 Å². The van der Waals surface area contributed by atoms with Gasteiger partial charge >= 0.3 is 5.97 Å². The van der Waals surface area contributed by atoms with Gasteiger partial charge in [0.15, 0.2) is 0 Å². The van der Waals surface area contributed by atoms with Crippen molar-refractivity contribution in [3.8, 4) is 39.8 Å². The molecule has 1 aliphatic carbocycles. The van der Waals surface area contributed by atoms with Crippen LogP contribution in [0.15, 0.2) is 90.1 Å². The normalized spacial score (nSPS) is 13.4. The number of hydrogen-bond donors (Lipinski definition) is 4. The highest BCUT2D eigenvalue weighted by atomic mass is 35.5. The standard InChI is InChI=1S/C42H44Cl2N4O6S/c1-55-31-21-27(23-47-25-31)26-53-41-29(24-46-16-4-9-39(50)51)22-37(43)42(48-41)54-38-15-14-34-33(6-3-7-35(34)38)36-8-2-5-32(40(36)44)28-10-12-30(13-11-28)52-20-18-45-17-19-49/h2-3,5-8,10-13,21-23,25,38,45-46,49H,4,9,14-20,24,26H2,1H3,(H,50,51)/t38-/m0/s1. The van der Waals surface area contributed by atoms with E-state index >= 15 is 0 Å². The summed E-state index contributed by atoms with van der Waals surface area (Å²) in [4.78, 5) is 21.1. The van der Waals surface area contributed by atoms with Crippen molar-refractivity contribution < 1.29 is 29.2 Å². The largest absolute Gasteiger partial charge is 0.492 e. The molecule has 6 rings (SSSR count). The number of aliphatic hydroxyl groups excluding tert-OH is 1. The van der Waals surface area contributed by atoms with E-state index in [1.807, 2.05) is 60.9 Å². The number of nitrogens with one attached hydrogen (secondary N) is 2. The van der Waals surface area contributed by atoms with Gasteiger partial charge in [-0.05, 0) is 78.6 Å². The monoisotopic (exact) mass is 802 g/mol. The number of carbonyl (C=O) groups is 1. The van der Waals surface area contributed by atoms with Crippen LogP contribution in [0.2, 0.25) is 10.0 Å². The van der Waals surface area contributed by atoms with Gasteiger partial charge in [0.1, 0.15) is 30.1 Å². The zero-order valence-corrected chi connectivity index (χ0v) is 32.9. The lowest BCUT2D eigenvalue weighted by Crippen LogP contribution is -2.23. The van der Waals surface area contributed by atoms with Crippen molar-refractivity contribution in [1.29, 1.82) is 0 Å². The lowest BCUT2D eigenvalue weighted by atomic mass is 9.94. The van der Waals surface area contributed by atoms with Gasteiger partial charge in [-0.15, -0.1) is 11.8 Å². The molecule has 0 spiro atoms. The Morgan fingerprint density at radius 2 is 1.73 bits per heavy atom. The molecule has 0 unspecified atom stereocenters. The molecule has 5 aromatic rings. The van der Waals surface area contributed by atoms with E-state index in [2.05, 4.69) is 27.8 Å². The zero-order valence-electron chi connectivity index (χ0n) is 30.5. The van der Waals surface area contributed by atoms with Gasteiger partial charge in [-0.1, -0.05) is 71.7 Å². The number of hydrogen-bond acceptors (Lipinski definition) is 10. The molecule has 2 aromatic heterocycles. The van der Waals surface area contributed by atoms with Crippen molar-refractivity contribution in [2.45, 2.75) is 49.8 Å². The maximum atomic E-state index is 11.0. The van der Waals surface area contributed by atoms with Crippen molar-refractivity contribution in [2.75, 3.05) is 39.1 Å². The second-order valence-electron chi connectivity index (χ2n) is 13.0. The van der Waals surface area contributed by atoms with Crippen molar-refractivity contribution >= 4 is 40.9 Å². The second kappa shape index (κ2) is 20.0. The molecule has 2 heterocycles. The van der Waals surface area contributed by atoms with Crippen LogP contribution in [0.5, 0.6) is 17.5 Å². The van der Waals surface area contributed by atoms with Crippen LogP contribution in [0.25, 0.3) is 22.3 Å². The topological polar surface area (TPSA) is 135 Å². The third-order valence-corrected chi connectivity index (χ3v) is 10.6. The van der Waals surface area contributed by atoms with Gasteiger partial charge in [-0.25, -0.2) is 0 Å². The summed E-state index contributed by atoms with van der Waals surface area (Å²) >= 11 is 15.6. The van der Waals surface area contributed by atoms with E-state index in [1.54, 1.807) is 30.2 Å². The molecule has 0 saturated heterocycles. The first kappa shape index (κ1) is 40.3. The maximum absolute atomic E-state index is 11.0. The van der Waals surface area contributed by atoms with E-state index < -0.39 is 5.97 Å². The van der Waals surface area contributed by atoms with E-state index in [0.717, 1.165) is 62.4 Å². The molecule has 1 atom stereocenters. The van der Waals surface area contributed by atoms with Gasteiger partial charge in [-0.3, -0.25) is 9.78 Å². The molecule has 4 N–H and O–H groups in total. The number of aliphatic carboxylic acids is 1. The lowest BCUT2D eigenvalue weighted by molar-refractivity contribution is -0.137. The number of benzene rings is 3. The minimum atomic E-state index is -0.830. The number of aliphatic hydroxyl groups is 1. The molecule has 0 amide bonds. The van der Waals surface area contributed by atoms with Crippen LogP contribution in [-0.2, 0) is 24.4 Å². The van der Waals surface area contributed by atoms with Crippen molar-refractivity contribution in [3.63, 3.8) is 0 Å². The third kappa shape index (κ3) is 10.7. The first-order valence-electron chi connectivity index (χ1n) is 18.2. The van der Waals surface area contributed by atoms with Crippen molar-refractivity contribution in [3.05, 3.63) is 117 Å². The summed E-state index contributed by atoms with van der Waals surface area (Å²) in [6.45, 7) is 2.94. The fourth-order valence-electron chi connectivity index (χ4n) is 6.49. The molecule has 55 heavy (non-hydrogen) atoms. The fourth-order valence-corrected chi connectivity index (χ4v) is 7.48. The second-order valence-corrected chi connectivity index (χ2v) is 14.6. The van der Waals surface area contributed by atoms with Gasteiger partial charge in [0, 0.05) is 65.6 Å². The lowest BCUT2D eigenvalue weighted by Gasteiger charge is -2.19. The Balaban J connectivity index is 1.20. The zero-order chi connectivity index (χ0) is 38.6. The highest BCUT2D eigenvalue weighted by molar-refractivity contribution is 7.98. The molecule has 0 bridgehead atoms. The quantitative estimate of drug-likeness (QED) is 0.0447. The number of thioether (sulfide) groups is 1. The number of rotatable bonds is 20. The highest BCUT2D eigenvalue weighted by Gasteiger charge is 2.29. The summed E-state index contributed by atoms with van der Waals surface area (Å²) in [6.07, 6.45) is 7.37. The number of aromatic nitrogens is 2. The van der Waals surface area contributed by atoms with E-state index in [-0.39, 0.29) is 31.6 Å². The third-order valence-electron chi connectivity index (χ3n) is 9.18. The number of carboxylic acids is 1. The predicted octanol–water partition coefficient (Wildman–Crippen LogP) is 8.40. The number of halogens is 2. The van der Waals surface area contributed by atoms with Crippen LogP contribution in [0.1, 0.15) is 47.6 Å². The molecular weight excluding hydrogens is 759 g/mol. The van der Waals surface area contributed by atoms with Gasteiger partial charge in [0.2, 0.25) is 11.8 Å². The molecule has 0 radical (unpaired) electrons. The van der Waals surface area contributed by atoms with E-state index in [0.29, 0.717) is 55.1 Å². The van der Waals surface area contributed by atoms with Gasteiger partial charge in [0.25, 0.3) is 0 Å². The van der Waals surface area contributed by atoms with E-state index in [4.69, 9.17) is 52.6 Å². The molecule has 13 heteroatoms. The summed E-state index contributed by atoms with van der Waals surface area (Å²) in [5, 5.41) is 25.3. The first-order chi connectivity index (χ1) is 26.8. The predicted molar refractivity (Wildman–Crippen MR) is 218 cm³/mol. The molecular formula is C42H44Cl2N4O6S. The van der Waals surface area contributed by atoms with Crippen LogP contribution in [0, 0.1) is 0 Å².